The zero-order valence-corrected chi connectivity index (χ0v) is 8.23. The molecule has 0 spiro atoms. The number of alkyl halides is 3. The summed E-state index contributed by atoms with van der Waals surface area (Å²) in [5.41, 5.74) is -0.964. The first-order valence-corrected chi connectivity index (χ1v) is 4.52. The second-order valence-electron chi connectivity index (χ2n) is 2.72. The Bertz CT molecular complexity index is 401. The summed E-state index contributed by atoms with van der Waals surface area (Å²) in [4.78, 5) is 3.46. The Labute approximate surface area is 89.3 Å². The normalized spacial score (nSPS) is 10.4. The van der Waals surface area contributed by atoms with E-state index in [1.807, 2.05) is 0 Å². The molecule has 0 aromatic carbocycles. The van der Waals surface area contributed by atoms with Crippen molar-refractivity contribution in [3.8, 4) is 6.07 Å². The maximum Gasteiger partial charge on any atom is 0.265 e. The minimum absolute atomic E-state index is 0.155. The third-order valence-corrected chi connectivity index (χ3v) is 2.11. The quantitative estimate of drug-likeness (QED) is 0.754. The van der Waals surface area contributed by atoms with E-state index in [0.29, 0.717) is 0 Å². The predicted molar refractivity (Wildman–Crippen MR) is 48.0 cm³/mol. The van der Waals surface area contributed by atoms with Gasteiger partial charge < -0.3 is 0 Å². The molecular weight excluding hydrogens is 229 g/mol. The molecule has 0 aliphatic heterocycles. The van der Waals surface area contributed by atoms with Crippen LogP contribution in [-0.4, -0.2) is 4.98 Å². The lowest BCUT2D eigenvalue weighted by molar-refractivity contribution is 0.149. The first-order valence-electron chi connectivity index (χ1n) is 3.99. The van der Waals surface area contributed by atoms with Crippen LogP contribution in [-0.2, 0) is 12.3 Å². The molecule has 80 valence electrons. The van der Waals surface area contributed by atoms with Crippen molar-refractivity contribution in [2.24, 2.45) is 0 Å². The summed E-state index contributed by atoms with van der Waals surface area (Å²) in [7, 11) is 0. The Hall–Kier alpha value is -1.28. The van der Waals surface area contributed by atoms with Crippen LogP contribution in [0.1, 0.15) is 23.2 Å². The molecule has 0 saturated carbocycles. The van der Waals surface area contributed by atoms with Crippen molar-refractivity contribution in [3.63, 3.8) is 0 Å². The van der Waals surface area contributed by atoms with Gasteiger partial charge in [0.05, 0.1) is 24.1 Å². The molecule has 15 heavy (non-hydrogen) atoms. The average molecular weight is 235 g/mol. The molecule has 1 aromatic heterocycles. The minimum atomic E-state index is -2.82. The molecule has 0 fully saturated rings. The third-order valence-electron chi connectivity index (χ3n) is 1.84. The molecule has 0 aliphatic rings. The van der Waals surface area contributed by atoms with Gasteiger partial charge in [0, 0.05) is 17.3 Å². The van der Waals surface area contributed by atoms with Gasteiger partial charge in [-0.1, -0.05) is 0 Å². The number of pyridine rings is 1. The van der Waals surface area contributed by atoms with E-state index in [1.165, 1.54) is 0 Å². The van der Waals surface area contributed by atoms with Gasteiger partial charge in [0.2, 0.25) is 0 Å². The maximum atomic E-state index is 13.4. The van der Waals surface area contributed by atoms with Crippen LogP contribution < -0.4 is 0 Å². The van der Waals surface area contributed by atoms with Crippen LogP contribution in [0.4, 0.5) is 13.2 Å². The maximum absolute atomic E-state index is 13.4. The van der Waals surface area contributed by atoms with Crippen molar-refractivity contribution in [2.75, 3.05) is 0 Å². The topological polar surface area (TPSA) is 36.7 Å². The molecule has 1 rings (SSSR count). The van der Waals surface area contributed by atoms with Gasteiger partial charge in [-0.15, -0.1) is 11.6 Å². The highest BCUT2D eigenvalue weighted by Gasteiger charge is 2.19. The molecule has 0 atom stereocenters. The molecule has 0 unspecified atom stereocenters. The summed E-state index contributed by atoms with van der Waals surface area (Å²) in [6.07, 6.45) is -2.23. The summed E-state index contributed by atoms with van der Waals surface area (Å²) >= 11 is 5.37. The smallest absolute Gasteiger partial charge is 0.257 e. The van der Waals surface area contributed by atoms with Gasteiger partial charge in [-0.2, -0.15) is 5.26 Å². The highest BCUT2D eigenvalue weighted by atomic mass is 35.5. The lowest BCUT2D eigenvalue weighted by Gasteiger charge is -2.08. The first-order chi connectivity index (χ1) is 7.11. The number of hydrogen-bond donors (Lipinski definition) is 0. The number of nitriles is 1. The Kier molecular flexibility index (Phi) is 3.92. The van der Waals surface area contributed by atoms with Crippen molar-refractivity contribution >= 4 is 11.6 Å². The Morgan fingerprint density at radius 2 is 2.20 bits per heavy atom. The molecule has 0 aliphatic carbocycles. The van der Waals surface area contributed by atoms with Gasteiger partial charge in [0.15, 0.2) is 5.82 Å². The van der Waals surface area contributed by atoms with Gasteiger partial charge in [0.25, 0.3) is 6.43 Å². The SMILES string of the molecule is N#CCc1ncc(C(F)F)c(CCl)c1F. The van der Waals surface area contributed by atoms with E-state index in [4.69, 9.17) is 16.9 Å². The fourth-order valence-electron chi connectivity index (χ4n) is 1.10. The van der Waals surface area contributed by atoms with Crippen LogP contribution in [0.5, 0.6) is 0 Å². The van der Waals surface area contributed by atoms with E-state index in [2.05, 4.69) is 4.98 Å². The molecular formula is C9H6ClF3N2. The molecule has 1 aromatic rings. The molecule has 1 heterocycles. The van der Waals surface area contributed by atoms with Crippen LogP contribution in [0.3, 0.4) is 0 Å². The lowest BCUT2D eigenvalue weighted by Crippen LogP contribution is -2.04. The van der Waals surface area contributed by atoms with Gasteiger partial charge in [-0.3, -0.25) is 4.98 Å². The Morgan fingerprint density at radius 3 is 2.67 bits per heavy atom. The van der Waals surface area contributed by atoms with E-state index in [-0.39, 0.29) is 23.6 Å². The fraction of sp³-hybridized carbons (Fsp3) is 0.333. The largest absolute Gasteiger partial charge is 0.265 e. The molecule has 0 radical (unpaired) electrons. The van der Waals surface area contributed by atoms with Crippen molar-refractivity contribution in [1.29, 1.82) is 5.26 Å². The van der Waals surface area contributed by atoms with Crippen molar-refractivity contribution < 1.29 is 13.2 Å². The van der Waals surface area contributed by atoms with Gasteiger partial charge in [-0.05, 0) is 0 Å². The fourth-order valence-corrected chi connectivity index (χ4v) is 1.38. The second-order valence-corrected chi connectivity index (χ2v) is 2.99. The van der Waals surface area contributed by atoms with E-state index in [0.717, 1.165) is 6.20 Å². The van der Waals surface area contributed by atoms with Crippen LogP contribution in [0, 0.1) is 17.1 Å². The van der Waals surface area contributed by atoms with E-state index in [9.17, 15) is 13.2 Å². The van der Waals surface area contributed by atoms with E-state index >= 15 is 0 Å². The summed E-state index contributed by atoms with van der Waals surface area (Å²) in [6.45, 7) is 0. The van der Waals surface area contributed by atoms with Gasteiger partial charge in [-0.25, -0.2) is 13.2 Å². The van der Waals surface area contributed by atoms with Crippen molar-refractivity contribution in [2.45, 2.75) is 18.7 Å². The van der Waals surface area contributed by atoms with E-state index in [1.54, 1.807) is 6.07 Å². The zero-order valence-electron chi connectivity index (χ0n) is 7.48. The predicted octanol–water partition coefficient (Wildman–Crippen LogP) is 2.96. The molecule has 0 N–H and O–H groups in total. The lowest BCUT2D eigenvalue weighted by atomic mass is 10.1. The van der Waals surface area contributed by atoms with Gasteiger partial charge in [0.1, 0.15) is 0 Å². The summed E-state index contributed by atoms with van der Waals surface area (Å²) in [6, 6.07) is 1.69. The average Bonchev–Trinajstić information content (AvgIpc) is 2.20. The molecule has 2 nitrogen and oxygen atoms in total. The number of rotatable bonds is 3. The van der Waals surface area contributed by atoms with E-state index < -0.39 is 17.8 Å². The zero-order chi connectivity index (χ0) is 11.4. The van der Waals surface area contributed by atoms with Crippen molar-refractivity contribution in [3.05, 3.63) is 28.8 Å². The monoisotopic (exact) mass is 234 g/mol. The minimum Gasteiger partial charge on any atom is -0.257 e. The standard InChI is InChI=1S/C9H6ClF3N2/c10-3-5-6(9(12)13)4-15-7(1-2-14)8(5)11/h4,9H,1,3H2. The summed E-state index contributed by atoms with van der Waals surface area (Å²) in [5, 5.41) is 8.35. The van der Waals surface area contributed by atoms with Crippen LogP contribution >= 0.6 is 11.6 Å². The van der Waals surface area contributed by atoms with Gasteiger partial charge >= 0.3 is 0 Å². The Balaban J connectivity index is 3.27. The third kappa shape index (κ3) is 2.39. The number of halogens is 4. The highest BCUT2D eigenvalue weighted by molar-refractivity contribution is 6.17. The molecule has 0 amide bonds. The first kappa shape index (κ1) is 11.8. The van der Waals surface area contributed by atoms with Crippen LogP contribution in [0.2, 0.25) is 0 Å². The summed E-state index contributed by atoms with van der Waals surface area (Å²) in [5.74, 6) is -1.28. The van der Waals surface area contributed by atoms with Crippen molar-refractivity contribution in [1.82, 2.24) is 4.98 Å². The highest BCUT2D eigenvalue weighted by Crippen LogP contribution is 2.26. The molecule has 6 heteroatoms. The number of nitrogens with zero attached hydrogens (tertiary/aromatic N) is 2. The Morgan fingerprint density at radius 1 is 1.53 bits per heavy atom. The second kappa shape index (κ2) is 4.99. The number of aromatic nitrogens is 1. The van der Waals surface area contributed by atoms with Crippen LogP contribution in [0.25, 0.3) is 0 Å². The summed E-state index contributed by atoms with van der Waals surface area (Å²) < 4.78 is 38.2. The molecule has 0 bridgehead atoms. The van der Waals surface area contributed by atoms with Crippen LogP contribution in [0.15, 0.2) is 6.20 Å². The number of hydrogen-bond acceptors (Lipinski definition) is 2. The molecule has 0 saturated heterocycles.